The molecular formula is C16H23O4P. The van der Waals surface area contributed by atoms with Crippen LogP contribution < -0.4 is 5.30 Å². The Balaban J connectivity index is 2.75. The molecule has 5 heteroatoms. The van der Waals surface area contributed by atoms with E-state index < -0.39 is 19.3 Å². The van der Waals surface area contributed by atoms with Crippen LogP contribution in [0, 0.1) is 0 Å². The number of carbonyl (C=O) groups is 2. The standard InChI is InChI=1S/C16H23O4P/c1-3-5-12-19-15(17)21(14-10-8-7-9-11-14)16(18)20-13-6-4-2/h7-11H,3-6,12-13H2,1-2H3. The van der Waals surface area contributed by atoms with Crippen LogP contribution in [-0.2, 0) is 9.47 Å². The van der Waals surface area contributed by atoms with Crippen LogP contribution in [0.4, 0.5) is 9.59 Å². The topological polar surface area (TPSA) is 52.6 Å². The van der Waals surface area contributed by atoms with E-state index in [2.05, 4.69) is 0 Å². The van der Waals surface area contributed by atoms with Gasteiger partial charge in [-0.2, -0.15) is 0 Å². The molecule has 1 rings (SSSR count). The van der Waals surface area contributed by atoms with E-state index in [1.54, 1.807) is 12.1 Å². The van der Waals surface area contributed by atoms with Gasteiger partial charge in [-0.1, -0.05) is 57.0 Å². The second-order valence-corrected chi connectivity index (χ2v) is 6.52. The highest BCUT2D eigenvalue weighted by molar-refractivity contribution is 7.94. The van der Waals surface area contributed by atoms with E-state index in [0.29, 0.717) is 18.5 Å². The molecule has 0 fully saturated rings. The molecule has 0 aliphatic rings. The molecule has 1 aromatic carbocycles. The Hall–Kier alpha value is -1.41. The SMILES string of the molecule is CCCCOC(=O)P(C(=O)OCCCC)c1ccccc1. The van der Waals surface area contributed by atoms with Crippen LogP contribution in [0.15, 0.2) is 30.3 Å². The number of hydrogen-bond donors (Lipinski definition) is 0. The van der Waals surface area contributed by atoms with Crippen molar-refractivity contribution < 1.29 is 19.1 Å². The maximum atomic E-state index is 12.2. The highest BCUT2D eigenvalue weighted by atomic mass is 31.1. The van der Waals surface area contributed by atoms with Gasteiger partial charge in [0.1, 0.15) is 0 Å². The molecule has 0 spiro atoms. The average Bonchev–Trinajstić information content (AvgIpc) is 2.49. The number of carbonyl (C=O) groups excluding carboxylic acids is 2. The van der Waals surface area contributed by atoms with Crippen molar-refractivity contribution in [3.63, 3.8) is 0 Å². The van der Waals surface area contributed by atoms with Gasteiger partial charge in [-0.3, -0.25) is 0 Å². The summed E-state index contributed by atoms with van der Waals surface area (Å²) < 4.78 is 10.4. The molecule has 0 aliphatic carbocycles. The Morgan fingerprint density at radius 2 is 1.38 bits per heavy atom. The highest BCUT2D eigenvalue weighted by Gasteiger charge is 2.31. The van der Waals surface area contributed by atoms with Crippen LogP contribution in [0.5, 0.6) is 0 Å². The molecule has 4 nitrogen and oxygen atoms in total. The second kappa shape index (κ2) is 10.3. The van der Waals surface area contributed by atoms with E-state index in [1.165, 1.54) is 0 Å². The van der Waals surface area contributed by atoms with Crippen LogP contribution >= 0.6 is 7.92 Å². The van der Waals surface area contributed by atoms with Gasteiger partial charge in [0.15, 0.2) is 7.92 Å². The fourth-order valence-corrected chi connectivity index (χ4v) is 3.08. The van der Waals surface area contributed by atoms with E-state index in [1.807, 2.05) is 32.0 Å². The average molecular weight is 310 g/mol. The van der Waals surface area contributed by atoms with Crippen LogP contribution in [0.3, 0.4) is 0 Å². The maximum Gasteiger partial charge on any atom is 0.342 e. The fourth-order valence-electron chi connectivity index (χ4n) is 1.60. The number of unbranched alkanes of at least 4 members (excludes halogenated alkanes) is 2. The summed E-state index contributed by atoms with van der Waals surface area (Å²) in [5, 5.41) is 0.676. The van der Waals surface area contributed by atoms with E-state index in [9.17, 15) is 9.59 Å². The first-order valence-corrected chi connectivity index (χ1v) is 8.73. The molecule has 0 heterocycles. The predicted octanol–water partition coefficient (Wildman–Crippen LogP) is 4.67. The van der Waals surface area contributed by atoms with Gasteiger partial charge in [-0.25, -0.2) is 9.59 Å². The summed E-state index contributed by atoms with van der Waals surface area (Å²) in [4.78, 5) is 24.4. The van der Waals surface area contributed by atoms with E-state index in [-0.39, 0.29) is 0 Å². The Bertz CT molecular complexity index is 411. The van der Waals surface area contributed by atoms with Crippen LogP contribution in [0.2, 0.25) is 0 Å². The lowest BCUT2D eigenvalue weighted by Gasteiger charge is -2.15. The first kappa shape index (κ1) is 17.6. The normalized spacial score (nSPS) is 10.4. The van der Waals surface area contributed by atoms with Crippen molar-refractivity contribution in [1.82, 2.24) is 0 Å². The lowest BCUT2D eigenvalue weighted by Crippen LogP contribution is -2.18. The molecule has 0 aliphatic heterocycles. The minimum atomic E-state index is -1.73. The fraction of sp³-hybridized carbons (Fsp3) is 0.500. The summed E-state index contributed by atoms with van der Waals surface area (Å²) >= 11 is 0. The molecule has 1 aromatic rings. The minimum absolute atomic E-state index is 0.350. The van der Waals surface area contributed by atoms with E-state index in [0.717, 1.165) is 25.7 Å². The Labute approximate surface area is 127 Å². The molecule has 0 radical (unpaired) electrons. The van der Waals surface area contributed by atoms with Crippen LogP contribution in [0.1, 0.15) is 39.5 Å². The molecule has 0 saturated heterocycles. The maximum absolute atomic E-state index is 12.2. The van der Waals surface area contributed by atoms with Gasteiger partial charge >= 0.3 is 11.4 Å². The summed E-state index contributed by atoms with van der Waals surface area (Å²) in [6, 6.07) is 9.01. The Morgan fingerprint density at radius 1 is 0.905 bits per heavy atom. The number of ether oxygens (including phenoxy) is 2. The van der Waals surface area contributed by atoms with Gasteiger partial charge in [-0.15, -0.1) is 0 Å². The van der Waals surface area contributed by atoms with E-state index in [4.69, 9.17) is 9.47 Å². The van der Waals surface area contributed by atoms with Crippen LogP contribution in [-0.4, -0.2) is 24.6 Å². The van der Waals surface area contributed by atoms with Crippen molar-refractivity contribution in [1.29, 1.82) is 0 Å². The molecular weight excluding hydrogens is 287 g/mol. The molecule has 0 N–H and O–H groups in total. The van der Waals surface area contributed by atoms with Crippen molar-refractivity contribution in [2.45, 2.75) is 39.5 Å². The van der Waals surface area contributed by atoms with Gasteiger partial charge in [0.05, 0.1) is 13.2 Å². The molecule has 0 amide bonds. The van der Waals surface area contributed by atoms with Gasteiger partial charge < -0.3 is 9.47 Å². The third-order valence-corrected chi connectivity index (χ3v) is 4.63. The largest absolute Gasteiger partial charge is 0.462 e. The number of benzene rings is 1. The van der Waals surface area contributed by atoms with Crippen molar-refractivity contribution in [3.8, 4) is 0 Å². The highest BCUT2D eigenvalue weighted by Crippen LogP contribution is 2.39. The monoisotopic (exact) mass is 310 g/mol. The molecule has 0 saturated carbocycles. The van der Waals surface area contributed by atoms with Crippen molar-refractivity contribution >= 4 is 24.6 Å². The lowest BCUT2D eigenvalue weighted by molar-refractivity contribution is 0.165. The van der Waals surface area contributed by atoms with Crippen molar-refractivity contribution in [3.05, 3.63) is 30.3 Å². The smallest absolute Gasteiger partial charge is 0.342 e. The predicted molar refractivity (Wildman–Crippen MR) is 85.5 cm³/mol. The first-order chi connectivity index (χ1) is 10.2. The molecule has 21 heavy (non-hydrogen) atoms. The van der Waals surface area contributed by atoms with Crippen molar-refractivity contribution in [2.24, 2.45) is 0 Å². The minimum Gasteiger partial charge on any atom is -0.462 e. The first-order valence-electron chi connectivity index (χ1n) is 7.39. The molecule has 0 aromatic heterocycles. The Morgan fingerprint density at radius 3 is 1.81 bits per heavy atom. The number of hydrogen-bond acceptors (Lipinski definition) is 4. The zero-order chi connectivity index (χ0) is 15.5. The third kappa shape index (κ3) is 6.26. The molecule has 0 atom stereocenters. The summed E-state index contributed by atoms with van der Waals surface area (Å²) in [6.07, 6.45) is 3.48. The Kier molecular flexibility index (Phi) is 8.68. The lowest BCUT2D eigenvalue weighted by atomic mass is 10.4. The molecule has 0 unspecified atom stereocenters. The summed E-state index contributed by atoms with van der Waals surface area (Å²) in [5.74, 6) is 0. The zero-order valence-electron chi connectivity index (χ0n) is 12.7. The zero-order valence-corrected chi connectivity index (χ0v) is 13.6. The molecule has 0 bridgehead atoms. The summed E-state index contributed by atoms with van der Waals surface area (Å²) in [5.41, 5.74) is -0.933. The molecule has 116 valence electrons. The van der Waals surface area contributed by atoms with Gasteiger partial charge in [0.2, 0.25) is 0 Å². The van der Waals surface area contributed by atoms with Gasteiger partial charge in [0, 0.05) is 0 Å². The van der Waals surface area contributed by atoms with Crippen LogP contribution in [0.25, 0.3) is 0 Å². The van der Waals surface area contributed by atoms with E-state index >= 15 is 0 Å². The van der Waals surface area contributed by atoms with Gasteiger partial charge in [0.25, 0.3) is 0 Å². The van der Waals surface area contributed by atoms with Crippen molar-refractivity contribution in [2.75, 3.05) is 13.2 Å². The summed E-state index contributed by atoms with van der Waals surface area (Å²) in [6.45, 7) is 4.74. The van der Waals surface area contributed by atoms with Gasteiger partial charge in [-0.05, 0) is 18.1 Å². The third-order valence-electron chi connectivity index (χ3n) is 2.83. The second-order valence-electron chi connectivity index (χ2n) is 4.61. The summed E-state index contributed by atoms with van der Waals surface area (Å²) in [7, 11) is -1.73. The number of rotatable bonds is 9. The quantitative estimate of drug-likeness (QED) is 0.491.